The molecule has 0 spiro atoms. The van der Waals surface area contributed by atoms with Crippen molar-refractivity contribution in [2.24, 2.45) is 5.73 Å². The van der Waals surface area contributed by atoms with Crippen molar-refractivity contribution in [1.82, 2.24) is 0 Å². The van der Waals surface area contributed by atoms with Crippen molar-refractivity contribution in [3.63, 3.8) is 0 Å². The Bertz CT molecular complexity index is 406. The molecule has 0 saturated carbocycles. The zero-order valence-corrected chi connectivity index (χ0v) is 30.0. The van der Waals surface area contributed by atoms with E-state index in [0.717, 1.165) is 0 Å². The zero-order valence-electron chi connectivity index (χ0n) is 30.0. The van der Waals surface area contributed by atoms with E-state index in [1.807, 2.05) is 0 Å². The SMILES string of the molecule is CCCCCCCCCCCCCCCCCCCCC(N)CCCCCCCCCCCCCCCCCCCC. The summed E-state index contributed by atoms with van der Waals surface area (Å²) in [5.41, 5.74) is 6.42. The van der Waals surface area contributed by atoms with Crippen LogP contribution >= 0.6 is 0 Å². The molecule has 0 radical (unpaired) electrons. The average Bonchev–Trinajstić information content (AvgIpc) is 3.00. The van der Waals surface area contributed by atoms with Crippen molar-refractivity contribution >= 4 is 0 Å². The molecule has 254 valence electrons. The molecule has 0 atom stereocenters. The largest absolute Gasteiger partial charge is 0.328 e. The van der Waals surface area contributed by atoms with Gasteiger partial charge in [-0.1, -0.05) is 245 Å². The third kappa shape index (κ3) is 38.0. The quantitative estimate of drug-likeness (QED) is 0.0710. The van der Waals surface area contributed by atoms with Gasteiger partial charge < -0.3 is 5.73 Å². The first-order valence-corrected chi connectivity index (χ1v) is 20.6. The molecule has 0 aromatic rings. The van der Waals surface area contributed by atoms with Crippen LogP contribution in [0.25, 0.3) is 0 Å². The Labute approximate surface area is 269 Å². The minimum absolute atomic E-state index is 0.465. The molecule has 0 rings (SSSR count). The summed E-state index contributed by atoms with van der Waals surface area (Å²) in [4.78, 5) is 0. The lowest BCUT2D eigenvalue weighted by molar-refractivity contribution is 0.477. The number of rotatable bonds is 38. The molecule has 1 nitrogen and oxygen atoms in total. The summed E-state index contributed by atoms with van der Waals surface area (Å²) in [6.45, 7) is 4.61. The van der Waals surface area contributed by atoms with Crippen LogP contribution in [0.5, 0.6) is 0 Å². The van der Waals surface area contributed by atoms with Gasteiger partial charge in [-0.3, -0.25) is 0 Å². The topological polar surface area (TPSA) is 26.0 Å². The van der Waals surface area contributed by atoms with Gasteiger partial charge in [0.05, 0.1) is 0 Å². The second kappa shape index (κ2) is 39.0. The molecule has 0 heterocycles. The van der Waals surface area contributed by atoms with Crippen LogP contribution in [0.3, 0.4) is 0 Å². The van der Waals surface area contributed by atoms with E-state index >= 15 is 0 Å². The van der Waals surface area contributed by atoms with Crippen LogP contribution in [0.2, 0.25) is 0 Å². The fourth-order valence-corrected chi connectivity index (χ4v) is 6.76. The van der Waals surface area contributed by atoms with Crippen molar-refractivity contribution in [3.05, 3.63) is 0 Å². The molecule has 0 aromatic carbocycles. The minimum Gasteiger partial charge on any atom is -0.328 e. The minimum atomic E-state index is 0.465. The number of hydrogen-bond acceptors (Lipinski definition) is 1. The first-order valence-electron chi connectivity index (χ1n) is 20.6. The Kier molecular flexibility index (Phi) is 38.9. The van der Waals surface area contributed by atoms with Gasteiger partial charge in [0.2, 0.25) is 0 Å². The molecule has 0 aromatic heterocycles. The Balaban J connectivity index is 3.13. The molecule has 0 aliphatic carbocycles. The zero-order chi connectivity index (χ0) is 30.4. The molecule has 0 aliphatic heterocycles. The fraction of sp³-hybridized carbons (Fsp3) is 1.00. The third-order valence-corrected chi connectivity index (χ3v) is 9.86. The van der Waals surface area contributed by atoms with E-state index in [1.165, 1.54) is 244 Å². The summed E-state index contributed by atoms with van der Waals surface area (Å²) in [6, 6.07) is 0.465. The van der Waals surface area contributed by atoms with Crippen LogP contribution in [0, 0.1) is 0 Å². The van der Waals surface area contributed by atoms with E-state index in [2.05, 4.69) is 13.8 Å². The lowest BCUT2D eigenvalue weighted by Gasteiger charge is -2.11. The summed E-state index contributed by atoms with van der Waals surface area (Å²) in [5.74, 6) is 0. The summed E-state index contributed by atoms with van der Waals surface area (Å²) in [7, 11) is 0. The maximum atomic E-state index is 6.42. The van der Waals surface area contributed by atoms with E-state index in [-0.39, 0.29) is 0 Å². The van der Waals surface area contributed by atoms with Crippen molar-refractivity contribution in [3.8, 4) is 0 Å². The molecular weight excluding hydrogens is 506 g/mol. The predicted octanol–water partition coefficient (Wildman–Crippen LogP) is 15.2. The number of nitrogens with two attached hydrogens (primary N) is 1. The second-order valence-corrected chi connectivity index (χ2v) is 14.4. The smallest absolute Gasteiger partial charge is 0.00388 e. The Morgan fingerprint density at radius 2 is 0.381 bits per heavy atom. The molecule has 0 bridgehead atoms. The molecule has 1 heteroatoms. The molecule has 42 heavy (non-hydrogen) atoms. The summed E-state index contributed by atoms with van der Waals surface area (Å²) in [5, 5.41) is 0. The fourth-order valence-electron chi connectivity index (χ4n) is 6.76. The molecule has 0 aliphatic rings. The van der Waals surface area contributed by atoms with Crippen molar-refractivity contribution in [1.29, 1.82) is 0 Å². The molecule has 2 N–H and O–H groups in total. The summed E-state index contributed by atoms with van der Waals surface area (Å²) >= 11 is 0. The first-order chi connectivity index (χ1) is 20.8. The van der Waals surface area contributed by atoms with E-state index < -0.39 is 0 Å². The monoisotopic (exact) mass is 592 g/mol. The molecule has 0 amide bonds. The van der Waals surface area contributed by atoms with Crippen LogP contribution < -0.4 is 5.73 Å². The van der Waals surface area contributed by atoms with Crippen LogP contribution in [0.1, 0.15) is 258 Å². The van der Waals surface area contributed by atoms with Gasteiger partial charge in [0, 0.05) is 6.04 Å². The van der Waals surface area contributed by atoms with Crippen LogP contribution in [-0.2, 0) is 0 Å². The number of hydrogen-bond donors (Lipinski definition) is 1. The molecular formula is C41H85N. The van der Waals surface area contributed by atoms with Crippen molar-refractivity contribution in [2.75, 3.05) is 0 Å². The van der Waals surface area contributed by atoms with E-state index in [0.29, 0.717) is 6.04 Å². The molecule has 0 unspecified atom stereocenters. The average molecular weight is 592 g/mol. The van der Waals surface area contributed by atoms with Gasteiger partial charge in [0.25, 0.3) is 0 Å². The third-order valence-electron chi connectivity index (χ3n) is 9.86. The lowest BCUT2D eigenvalue weighted by atomic mass is 10.00. The maximum absolute atomic E-state index is 6.42. The van der Waals surface area contributed by atoms with Gasteiger partial charge in [0.1, 0.15) is 0 Å². The van der Waals surface area contributed by atoms with Gasteiger partial charge >= 0.3 is 0 Å². The molecule has 0 fully saturated rings. The van der Waals surface area contributed by atoms with Gasteiger partial charge in [-0.15, -0.1) is 0 Å². The van der Waals surface area contributed by atoms with E-state index in [9.17, 15) is 0 Å². The Morgan fingerprint density at radius 1 is 0.238 bits per heavy atom. The highest BCUT2D eigenvalue weighted by Gasteiger charge is 2.03. The van der Waals surface area contributed by atoms with Crippen molar-refractivity contribution in [2.45, 2.75) is 264 Å². The number of unbranched alkanes of at least 4 members (excludes halogenated alkanes) is 34. The normalized spacial score (nSPS) is 11.7. The second-order valence-electron chi connectivity index (χ2n) is 14.4. The first kappa shape index (κ1) is 42.0. The highest BCUT2D eigenvalue weighted by Crippen LogP contribution is 2.17. The van der Waals surface area contributed by atoms with Crippen molar-refractivity contribution < 1.29 is 0 Å². The van der Waals surface area contributed by atoms with E-state index in [4.69, 9.17) is 5.73 Å². The highest BCUT2D eigenvalue weighted by molar-refractivity contribution is 4.62. The van der Waals surface area contributed by atoms with Crippen LogP contribution in [0.4, 0.5) is 0 Å². The summed E-state index contributed by atoms with van der Waals surface area (Å²) in [6.07, 6.45) is 54.8. The lowest BCUT2D eigenvalue weighted by Crippen LogP contribution is -2.19. The Hall–Kier alpha value is -0.0400. The highest BCUT2D eigenvalue weighted by atomic mass is 14.6. The van der Waals surface area contributed by atoms with E-state index in [1.54, 1.807) is 0 Å². The van der Waals surface area contributed by atoms with Gasteiger partial charge in [-0.2, -0.15) is 0 Å². The predicted molar refractivity (Wildman–Crippen MR) is 195 cm³/mol. The summed E-state index contributed by atoms with van der Waals surface area (Å²) < 4.78 is 0. The van der Waals surface area contributed by atoms with Gasteiger partial charge in [0.15, 0.2) is 0 Å². The standard InChI is InChI=1S/C41H85N/c1-3-5-7-9-11-13-15-17-19-21-23-25-27-29-31-33-35-37-39-41(42)40-38-36-34-32-30-28-26-24-22-20-18-16-14-12-10-8-6-4-2/h41H,3-40,42H2,1-2H3. The maximum Gasteiger partial charge on any atom is 0.00388 e. The van der Waals surface area contributed by atoms with Gasteiger partial charge in [-0.05, 0) is 12.8 Å². The van der Waals surface area contributed by atoms with Gasteiger partial charge in [-0.25, -0.2) is 0 Å². The molecule has 0 saturated heterocycles. The van der Waals surface area contributed by atoms with Crippen LogP contribution in [0.15, 0.2) is 0 Å². The van der Waals surface area contributed by atoms with Crippen LogP contribution in [-0.4, -0.2) is 6.04 Å². The Morgan fingerprint density at radius 3 is 0.548 bits per heavy atom.